The Morgan fingerprint density at radius 3 is 2.23 bits per heavy atom. The summed E-state index contributed by atoms with van der Waals surface area (Å²) in [6, 6.07) is 0.138. The molecule has 0 saturated carbocycles. The van der Waals surface area contributed by atoms with Crippen LogP contribution in [0.25, 0.3) is 0 Å². The van der Waals surface area contributed by atoms with Crippen molar-refractivity contribution in [2.75, 3.05) is 13.1 Å². The van der Waals surface area contributed by atoms with Crippen LogP contribution in [0.4, 0.5) is 0 Å². The number of hydrogen-bond acceptors (Lipinski definition) is 3. The van der Waals surface area contributed by atoms with Gasteiger partial charge in [0.15, 0.2) is 0 Å². The summed E-state index contributed by atoms with van der Waals surface area (Å²) in [4.78, 5) is 12.5. The highest BCUT2D eigenvalue weighted by molar-refractivity contribution is 6.34. The van der Waals surface area contributed by atoms with Gasteiger partial charge < -0.3 is 10.0 Å². The first-order valence-electron chi connectivity index (χ1n) is 4.57. The van der Waals surface area contributed by atoms with Gasteiger partial charge >= 0.3 is 5.97 Å². The van der Waals surface area contributed by atoms with E-state index in [0.29, 0.717) is 6.42 Å². The summed E-state index contributed by atoms with van der Waals surface area (Å²) in [5.41, 5.74) is -0.209. The maximum absolute atomic E-state index is 10.4. The van der Waals surface area contributed by atoms with Gasteiger partial charge in [-0.1, -0.05) is 13.8 Å². The zero-order valence-electron chi connectivity index (χ0n) is 8.50. The predicted octanol–water partition coefficient (Wildman–Crippen LogP) is 1.21. The Labute approximate surface area is 79.1 Å². The van der Waals surface area contributed by atoms with Crippen LogP contribution in [0.15, 0.2) is 0 Å². The molecule has 0 aromatic rings. The molecule has 0 fully saturated rings. The van der Waals surface area contributed by atoms with Gasteiger partial charge in [0.25, 0.3) is 0 Å². The number of hydrogen-bond donors (Lipinski definition) is 2. The fourth-order valence-corrected chi connectivity index (χ4v) is 1.36. The average molecular weight is 186 g/mol. The molecule has 13 heavy (non-hydrogen) atoms. The molecule has 0 spiro atoms. The minimum absolute atomic E-state index is 0.138. The van der Waals surface area contributed by atoms with E-state index in [2.05, 4.69) is 4.90 Å². The summed E-state index contributed by atoms with van der Waals surface area (Å²) in [6.07, 6.45) is 0.316. The summed E-state index contributed by atoms with van der Waals surface area (Å²) in [7, 11) is 0. The molecular formula is C9H18N2O2. The van der Waals surface area contributed by atoms with Crippen LogP contribution in [-0.2, 0) is 4.79 Å². The molecule has 0 aliphatic heterocycles. The van der Waals surface area contributed by atoms with Gasteiger partial charge in [-0.2, -0.15) is 0 Å². The highest BCUT2D eigenvalue weighted by atomic mass is 16.4. The van der Waals surface area contributed by atoms with Gasteiger partial charge in [-0.15, -0.1) is 0 Å². The van der Waals surface area contributed by atoms with E-state index in [1.54, 1.807) is 0 Å². The molecule has 2 N–H and O–H groups in total. The first-order chi connectivity index (χ1) is 6.02. The third kappa shape index (κ3) is 4.03. The third-order valence-electron chi connectivity index (χ3n) is 2.19. The molecule has 76 valence electrons. The smallest absolute Gasteiger partial charge is 0.349 e. The van der Waals surface area contributed by atoms with Crippen LogP contribution in [0, 0.1) is 5.41 Å². The lowest BCUT2D eigenvalue weighted by Crippen LogP contribution is -2.35. The van der Waals surface area contributed by atoms with Crippen molar-refractivity contribution in [3.63, 3.8) is 0 Å². The van der Waals surface area contributed by atoms with Crippen LogP contribution in [-0.4, -0.2) is 40.8 Å². The Morgan fingerprint density at radius 1 is 1.46 bits per heavy atom. The standard InChI is InChI=1S/C9H18N2O2/c1-4-11(5-2)7(3)6-8(10)9(12)13/h7,10H,4-6H2,1-3H3,(H,12,13). The number of carboxylic acids is 1. The molecule has 0 radical (unpaired) electrons. The van der Waals surface area contributed by atoms with E-state index in [9.17, 15) is 4.79 Å². The summed E-state index contributed by atoms with van der Waals surface area (Å²) in [6.45, 7) is 7.80. The maximum atomic E-state index is 10.4. The minimum atomic E-state index is -1.11. The number of nitrogens with zero attached hydrogens (tertiary/aromatic N) is 1. The lowest BCUT2D eigenvalue weighted by atomic mass is 10.1. The number of carbonyl (C=O) groups is 1. The predicted molar refractivity (Wildman–Crippen MR) is 52.4 cm³/mol. The van der Waals surface area contributed by atoms with E-state index in [1.807, 2.05) is 20.8 Å². The molecule has 0 heterocycles. The summed E-state index contributed by atoms with van der Waals surface area (Å²) in [5, 5.41) is 15.7. The number of aliphatic carboxylic acids is 1. The lowest BCUT2D eigenvalue weighted by Gasteiger charge is -2.25. The van der Waals surface area contributed by atoms with Gasteiger partial charge in [0.05, 0.1) is 0 Å². The zero-order valence-corrected chi connectivity index (χ0v) is 8.50. The normalized spacial score (nSPS) is 12.9. The van der Waals surface area contributed by atoms with E-state index >= 15 is 0 Å². The van der Waals surface area contributed by atoms with E-state index < -0.39 is 5.97 Å². The molecule has 1 unspecified atom stereocenters. The quantitative estimate of drug-likeness (QED) is 0.613. The fraction of sp³-hybridized carbons (Fsp3) is 0.778. The Balaban J connectivity index is 4.04. The molecule has 0 amide bonds. The Kier molecular flexibility index (Phi) is 5.30. The van der Waals surface area contributed by atoms with Crippen molar-refractivity contribution in [2.24, 2.45) is 0 Å². The van der Waals surface area contributed by atoms with Crippen LogP contribution >= 0.6 is 0 Å². The van der Waals surface area contributed by atoms with Crippen molar-refractivity contribution in [3.8, 4) is 0 Å². The lowest BCUT2D eigenvalue weighted by molar-refractivity contribution is -0.129. The molecule has 0 aliphatic rings. The highest BCUT2D eigenvalue weighted by Crippen LogP contribution is 2.03. The molecule has 0 saturated heterocycles. The first-order valence-corrected chi connectivity index (χ1v) is 4.57. The van der Waals surface area contributed by atoms with Gasteiger partial charge in [-0.25, -0.2) is 4.79 Å². The Bertz CT molecular complexity index is 188. The van der Waals surface area contributed by atoms with E-state index in [1.165, 1.54) is 0 Å². The first kappa shape index (κ1) is 12.1. The fourth-order valence-electron chi connectivity index (χ4n) is 1.36. The Morgan fingerprint density at radius 2 is 1.92 bits per heavy atom. The minimum Gasteiger partial charge on any atom is -0.477 e. The van der Waals surface area contributed by atoms with Crippen molar-refractivity contribution >= 4 is 11.7 Å². The summed E-state index contributed by atoms with van der Waals surface area (Å²) >= 11 is 0. The van der Waals surface area contributed by atoms with Crippen molar-refractivity contribution in [3.05, 3.63) is 0 Å². The zero-order chi connectivity index (χ0) is 10.4. The highest BCUT2D eigenvalue weighted by Gasteiger charge is 2.15. The molecule has 1 atom stereocenters. The topological polar surface area (TPSA) is 64.4 Å². The van der Waals surface area contributed by atoms with Gasteiger partial charge in [0, 0.05) is 12.5 Å². The second-order valence-corrected chi connectivity index (χ2v) is 3.06. The SMILES string of the molecule is CCN(CC)C(C)CC(=N)C(=O)O. The van der Waals surface area contributed by atoms with Gasteiger partial charge in [0.2, 0.25) is 0 Å². The molecule has 0 rings (SSSR count). The average Bonchev–Trinajstić information content (AvgIpc) is 2.06. The van der Waals surface area contributed by atoms with E-state index in [-0.39, 0.29) is 11.8 Å². The van der Waals surface area contributed by atoms with Crippen LogP contribution in [0.1, 0.15) is 27.2 Å². The second-order valence-electron chi connectivity index (χ2n) is 3.06. The van der Waals surface area contributed by atoms with E-state index in [0.717, 1.165) is 13.1 Å². The number of nitrogens with one attached hydrogen (secondary N) is 1. The molecule has 0 aliphatic carbocycles. The second kappa shape index (κ2) is 5.70. The van der Waals surface area contributed by atoms with Crippen molar-refractivity contribution in [1.29, 1.82) is 5.41 Å². The van der Waals surface area contributed by atoms with Crippen LogP contribution in [0.2, 0.25) is 0 Å². The molecule has 0 aromatic carbocycles. The van der Waals surface area contributed by atoms with Gasteiger partial charge in [0.1, 0.15) is 5.71 Å². The molecular weight excluding hydrogens is 168 g/mol. The van der Waals surface area contributed by atoms with Crippen LogP contribution in [0.3, 0.4) is 0 Å². The van der Waals surface area contributed by atoms with Crippen LogP contribution < -0.4 is 0 Å². The monoisotopic (exact) mass is 186 g/mol. The summed E-state index contributed by atoms with van der Waals surface area (Å²) in [5.74, 6) is -1.11. The molecule has 4 heteroatoms. The number of carboxylic acid groups (broad SMARTS) is 1. The van der Waals surface area contributed by atoms with Gasteiger partial charge in [-0.05, 0) is 20.0 Å². The van der Waals surface area contributed by atoms with Crippen molar-refractivity contribution < 1.29 is 9.90 Å². The summed E-state index contributed by atoms with van der Waals surface area (Å²) < 4.78 is 0. The van der Waals surface area contributed by atoms with E-state index in [4.69, 9.17) is 10.5 Å². The third-order valence-corrected chi connectivity index (χ3v) is 2.19. The van der Waals surface area contributed by atoms with Crippen molar-refractivity contribution in [2.45, 2.75) is 33.2 Å². The van der Waals surface area contributed by atoms with Gasteiger partial charge in [-0.3, -0.25) is 5.41 Å². The number of rotatable bonds is 6. The van der Waals surface area contributed by atoms with Crippen LogP contribution in [0.5, 0.6) is 0 Å². The van der Waals surface area contributed by atoms with Crippen molar-refractivity contribution in [1.82, 2.24) is 4.90 Å². The molecule has 0 aromatic heterocycles. The molecule has 0 bridgehead atoms. The molecule has 4 nitrogen and oxygen atoms in total. The Hall–Kier alpha value is -0.900. The maximum Gasteiger partial charge on any atom is 0.349 e. The largest absolute Gasteiger partial charge is 0.477 e.